The highest BCUT2D eigenvalue weighted by Gasteiger charge is 2.20. The van der Waals surface area contributed by atoms with E-state index >= 15 is 0 Å². The maximum atomic E-state index is 12.5. The lowest BCUT2D eigenvalue weighted by Crippen LogP contribution is -2.30. The highest BCUT2D eigenvalue weighted by molar-refractivity contribution is 7.99. The third-order valence-electron chi connectivity index (χ3n) is 5.06. The first kappa shape index (κ1) is 25.1. The van der Waals surface area contributed by atoms with Gasteiger partial charge in [0.25, 0.3) is 0 Å². The number of hydrogen-bond donors (Lipinski definition) is 2. The maximum Gasteiger partial charge on any atom is 0.234 e. The molecule has 0 fully saturated rings. The lowest BCUT2D eigenvalue weighted by molar-refractivity contribution is -0.121. The number of ether oxygens (including phenoxy) is 2. The maximum absolute atomic E-state index is 12.5. The zero-order valence-electron chi connectivity index (χ0n) is 19.7. The number of para-hydroxylation sites is 2. The molecule has 1 atom stereocenters. The molecule has 180 valence electrons. The number of amides is 2. The fourth-order valence-corrected chi connectivity index (χ4v) is 4.18. The monoisotopic (exact) mass is 483 g/mol. The summed E-state index contributed by atoms with van der Waals surface area (Å²) in [6, 6.07) is 14.3. The number of aromatic nitrogens is 3. The zero-order chi connectivity index (χ0) is 24.5. The normalized spacial score (nSPS) is 11.5. The van der Waals surface area contributed by atoms with Gasteiger partial charge in [-0.2, -0.15) is 0 Å². The highest BCUT2D eigenvalue weighted by atomic mass is 32.2. The van der Waals surface area contributed by atoms with E-state index in [4.69, 9.17) is 9.47 Å². The van der Waals surface area contributed by atoms with Gasteiger partial charge < -0.3 is 24.7 Å². The number of rotatable bonds is 11. The average Bonchev–Trinajstić information content (AvgIpc) is 3.26. The van der Waals surface area contributed by atoms with Crippen LogP contribution in [0, 0.1) is 0 Å². The average molecular weight is 484 g/mol. The molecule has 0 saturated carbocycles. The Hall–Kier alpha value is -3.53. The van der Waals surface area contributed by atoms with Crippen LogP contribution in [0.25, 0.3) is 0 Å². The largest absolute Gasteiger partial charge is 0.497 e. The van der Waals surface area contributed by atoms with Gasteiger partial charge in [0.1, 0.15) is 11.5 Å². The molecule has 0 bridgehead atoms. The van der Waals surface area contributed by atoms with Gasteiger partial charge in [0.15, 0.2) is 11.0 Å². The molecule has 2 N–H and O–H groups in total. The van der Waals surface area contributed by atoms with E-state index in [9.17, 15) is 9.59 Å². The van der Waals surface area contributed by atoms with Gasteiger partial charge in [0.2, 0.25) is 11.8 Å². The van der Waals surface area contributed by atoms with E-state index in [1.807, 2.05) is 54.8 Å². The zero-order valence-corrected chi connectivity index (χ0v) is 20.5. The summed E-state index contributed by atoms with van der Waals surface area (Å²) < 4.78 is 12.3. The Labute approximate surface area is 203 Å². The second-order valence-electron chi connectivity index (χ2n) is 7.44. The van der Waals surface area contributed by atoms with E-state index < -0.39 is 0 Å². The minimum absolute atomic E-state index is 0.117. The molecule has 34 heavy (non-hydrogen) atoms. The van der Waals surface area contributed by atoms with E-state index in [-0.39, 0.29) is 30.0 Å². The molecular weight excluding hydrogens is 454 g/mol. The number of carbonyl (C=O) groups excluding carboxylic acids is 2. The minimum atomic E-state index is -0.338. The van der Waals surface area contributed by atoms with Crippen LogP contribution >= 0.6 is 11.8 Å². The summed E-state index contributed by atoms with van der Waals surface area (Å²) in [5.41, 5.74) is 1.50. The predicted octanol–water partition coefficient (Wildman–Crippen LogP) is 3.47. The highest BCUT2D eigenvalue weighted by Crippen LogP contribution is 2.25. The van der Waals surface area contributed by atoms with Gasteiger partial charge in [-0.1, -0.05) is 36.0 Å². The van der Waals surface area contributed by atoms with Crippen molar-refractivity contribution in [2.24, 2.45) is 0 Å². The van der Waals surface area contributed by atoms with E-state index in [2.05, 4.69) is 20.8 Å². The number of carbonyl (C=O) groups is 2. The number of methoxy groups -OCH3 is 2. The van der Waals surface area contributed by atoms with Crippen LogP contribution < -0.4 is 20.1 Å². The smallest absolute Gasteiger partial charge is 0.234 e. The Balaban J connectivity index is 1.58. The van der Waals surface area contributed by atoms with Gasteiger partial charge in [-0.15, -0.1) is 10.2 Å². The lowest BCUT2D eigenvalue weighted by Gasteiger charge is -2.15. The summed E-state index contributed by atoms with van der Waals surface area (Å²) in [5.74, 6) is 1.85. The molecule has 0 unspecified atom stereocenters. The summed E-state index contributed by atoms with van der Waals surface area (Å²) in [6.45, 7) is 4.44. The van der Waals surface area contributed by atoms with Crippen molar-refractivity contribution in [3.8, 4) is 11.5 Å². The number of nitrogens with zero attached hydrogens (tertiary/aromatic N) is 3. The molecule has 0 aliphatic heterocycles. The Kier molecular flexibility index (Phi) is 8.92. The van der Waals surface area contributed by atoms with Crippen molar-refractivity contribution in [3.05, 3.63) is 59.9 Å². The second-order valence-corrected chi connectivity index (χ2v) is 8.38. The lowest BCUT2D eigenvalue weighted by atomic mass is 10.1. The van der Waals surface area contributed by atoms with Gasteiger partial charge in [-0.3, -0.25) is 9.59 Å². The Bertz CT molecular complexity index is 1120. The van der Waals surface area contributed by atoms with Gasteiger partial charge >= 0.3 is 0 Å². The molecule has 2 amide bonds. The van der Waals surface area contributed by atoms with Gasteiger partial charge in [-0.25, -0.2) is 0 Å². The minimum Gasteiger partial charge on any atom is -0.497 e. The van der Waals surface area contributed by atoms with Crippen LogP contribution in [0.3, 0.4) is 0 Å². The second kappa shape index (κ2) is 12.1. The Morgan fingerprint density at radius 2 is 1.76 bits per heavy atom. The Morgan fingerprint density at radius 3 is 2.44 bits per heavy atom. The summed E-state index contributed by atoms with van der Waals surface area (Å²) in [5, 5.41) is 14.9. The van der Waals surface area contributed by atoms with Gasteiger partial charge in [0.05, 0.1) is 38.1 Å². The molecule has 2 aromatic carbocycles. The molecule has 0 aliphatic carbocycles. The first-order valence-electron chi connectivity index (χ1n) is 10.9. The molecule has 3 rings (SSSR count). The van der Waals surface area contributed by atoms with E-state index in [1.54, 1.807) is 26.4 Å². The molecular formula is C24H29N5O4S. The molecule has 1 aromatic heterocycles. The molecule has 0 spiro atoms. The molecule has 3 aromatic rings. The van der Waals surface area contributed by atoms with Crippen molar-refractivity contribution < 1.29 is 19.1 Å². The van der Waals surface area contributed by atoms with Crippen molar-refractivity contribution >= 4 is 29.3 Å². The first-order chi connectivity index (χ1) is 16.4. The van der Waals surface area contributed by atoms with Crippen LogP contribution in [0.4, 0.5) is 5.69 Å². The van der Waals surface area contributed by atoms with E-state index in [0.717, 1.165) is 11.3 Å². The molecule has 0 aliphatic rings. The summed E-state index contributed by atoms with van der Waals surface area (Å²) in [4.78, 5) is 25.0. The van der Waals surface area contributed by atoms with E-state index in [1.165, 1.54) is 11.8 Å². The van der Waals surface area contributed by atoms with Crippen LogP contribution in [-0.4, -0.2) is 46.6 Å². The van der Waals surface area contributed by atoms with Crippen LogP contribution in [-0.2, 0) is 22.6 Å². The number of thioether (sulfide) groups is 1. The quantitative estimate of drug-likeness (QED) is 0.402. The van der Waals surface area contributed by atoms with E-state index in [0.29, 0.717) is 29.0 Å². The molecule has 0 radical (unpaired) electrons. The van der Waals surface area contributed by atoms with Crippen molar-refractivity contribution in [3.63, 3.8) is 0 Å². The fraction of sp³-hybridized carbons (Fsp3) is 0.333. The van der Waals surface area contributed by atoms with Crippen LogP contribution in [0.15, 0.2) is 53.7 Å². The standard InChI is InChI=1S/C24H29N5O4S/c1-5-29-23(16(2)25-21(30)14-17-10-12-18(32-3)13-11-17)27-28-24(29)34-15-22(31)26-19-8-6-7-9-20(19)33-4/h6-13,16H,5,14-15H2,1-4H3,(H,25,30)(H,26,31)/t16-/m1/s1. The molecule has 1 heterocycles. The third kappa shape index (κ3) is 6.50. The number of hydrogen-bond acceptors (Lipinski definition) is 7. The van der Waals surface area contributed by atoms with Crippen molar-refractivity contribution in [1.29, 1.82) is 0 Å². The van der Waals surface area contributed by atoms with Crippen LogP contribution in [0.2, 0.25) is 0 Å². The Morgan fingerprint density at radius 1 is 1.03 bits per heavy atom. The third-order valence-corrected chi connectivity index (χ3v) is 6.03. The first-order valence-corrected chi connectivity index (χ1v) is 11.8. The van der Waals surface area contributed by atoms with Gasteiger partial charge in [-0.05, 0) is 43.7 Å². The van der Waals surface area contributed by atoms with Crippen LogP contribution in [0.5, 0.6) is 11.5 Å². The topological polar surface area (TPSA) is 107 Å². The number of nitrogens with one attached hydrogen (secondary N) is 2. The summed E-state index contributed by atoms with van der Waals surface area (Å²) in [7, 11) is 3.16. The number of anilines is 1. The molecule has 10 heteroatoms. The number of benzene rings is 2. The van der Waals surface area contributed by atoms with Crippen molar-refractivity contribution in [2.45, 2.75) is 38.0 Å². The molecule has 9 nitrogen and oxygen atoms in total. The SMILES string of the molecule is CCn1c(SCC(=O)Nc2ccccc2OC)nnc1[C@@H](C)NC(=O)Cc1ccc(OC)cc1. The van der Waals surface area contributed by atoms with Gasteiger partial charge in [0, 0.05) is 6.54 Å². The molecule has 0 saturated heterocycles. The van der Waals surface area contributed by atoms with Crippen molar-refractivity contribution in [1.82, 2.24) is 20.1 Å². The predicted molar refractivity (Wildman–Crippen MR) is 131 cm³/mol. The summed E-state index contributed by atoms with van der Waals surface area (Å²) >= 11 is 1.29. The van der Waals surface area contributed by atoms with Crippen molar-refractivity contribution in [2.75, 3.05) is 25.3 Å². The van der Waals surface area contributed by atoms with Crippen LogP contribution in [0.1, 0.15) is 31.3 Å². The summed E-state index contributed by atoms with van der Waals surface area (Å²) in [6.07, 6.45) is 0.249. The fourth-order valence-electron chi connectivity index (χ4n) is 3.37.